The molecule has 0 amide bonds. The molecule has 2 aromatic carbocycles. The Balaban J connectivity index is 2.24. The Hall–Kier alpha value is -0.310. The molecular weight excluding hydrogens is 375 g/mol. The van der Waals surface area contributed by atoms with Gasteiger partial charge in [-0.05, 0) is 42.2 Å². The smallest absolute Gasteiger partial charge is 0.0636 e. The molecule has 0 spiro atoms. The van der Waals surface area contributed by atoms with Crippen LogP contribution in [0.25, 0.3) is 0 Å². The second-order valence-corrected chi connectivity index (χ2v) is 6.52. The molecule has 0 fully saturated rings. The summed E-state index contributed by atoms with van der Waals surface area (Å²) >= 11 is 13.7. The SMILES string of the molecule is Cc1cc(Br)c(C(Cl)Cc2ccccc2)cc1Br. The Bertz CT molecular complexity index is 538. The van der Waals surface area contributed by atoms with Crippen LogP contribution >= 0.6 is 43.5 Å². The Labute approximate surface area is 130 Å². The van der Waals surface area contributed by atoms with Gasteiger partial charge in [-0.3, -0.25) is 0 Å². The van der Waals surface area contributed by atoms with Gasteiger partial charge in [0.15, 0.2) is 0 Å². The van der Waals surface area contributed by atoms with Gasteiger partial charge in [-0.1, -0.05) is 62.2 Å². The van der Waals surface area contributed by atoms with Crippen molar-refractivity contribution in [1.82, 2.24) is 0 Å². The van der Waals surface area contributed by atoms with E-state index in [2.05, 4.69) is 63.0 Å². The summed E-state index contributed by atoms with van der Waals surface area (Å²) in [7, 11) is 0. The summed E-state index contributed by atoms with van der Waals surface area (Å²) in [5.41, 5.74) is 3.58. The van der Waals surface area contributed by atoms with Gasteiger partial charge in [-0.25, -0.2) is 0 Å². The quantitative estimate of drug-likeness (QED) is 0.562. The molecule has 0 radical (unpaired) electrons. The molecule has 0 bridgehead atoms. The summed E-state index contributed by atoms with van der Waals surface area (Å²) in [4.78, 5) is 0. The van der Waals surface area contributed by atoms with Gasteiger partial charge in [-0.2, -0.15) is 0 Å². The first-order chi connectivity index (χ1) is 8.58. The van der Waals surface area contributed by atoms with Gasteiger partial charge >= 0.3 is 0 Å². The number of halogens is 3. The number of hydrogen-bond donors (Lipinski definition) is 0. The van der Waals surface area contributed by atoms with Crippen molar-refractivity contribution in [3.05, 3.63) is 68.1 Å². The van der Waals surface area contributed by atoms with E-state index in [1.807, 2.05) is 18.2 Å². The second kappa shape index (κ2) is 6.23. The number of hydrogen-bond acceptors (Lipinski definition) is 0. The maximum Gasteiger partial charge on any atom is 0.0636 e. The third-order valence-corrected chi connectivity index (χ3v) is 4.80. The molecule has 0 nitrogen and oxygen atoms in total. The first kappa shape index (κ1) is 14.1. The topological polar surface area (TPSA) is 0 Å². The first-order valence-electron chi connectivity index (χ1n) is 5.71. The lowest BCUT2D eigenvalue weighted by Gasteiger charge is -2.14. The van der Waals surface area contributed by atoms with Crippen LogP contribution in [0.15, 0.2) is 51.4 Å². The molecule has 0 aliphatic carbocycles. The highest BCUT2D eigenvalue weighted by atomic mass is 79.9. The summed E-state index contributed by atoms with van der Waals surface area (Å²) in [5.74, 6) is 0. The molecule has 2 aromatic rings. The highest BCUT2D eigenvalue weighted by molar-refractivity contribution is 9.11. The summed E-state index contributed by atoms with van der Waals surface area (Å²) in [5, 5.41) is -0.0290. The van der Waals surface area contributed by atoms with Crippen molar-refractivity contribution in [2.24, 2.45) is 0 Å². The second-order valence-electron chi connectivity index (χ2n) is 4.28. The third kappa shape index (κ3) is 3.37. The predicted octanol–water partition coefficient (Wildman–Crippen LogP) is 6.04. The van der Waals surface area contributed by atoms with Crippen molar-refractivity contribution in [1.29, 1.82) is 0 Å². The predicted molar refractivity (Wildman–Crippen MR) is 85.3 cm³/mol. The van der Waals surface area contributed by atoms with E-state index >= 15 is 0 Å². The molecule has 1 unspecified atom stereocenters. The molecule has 0 N–H and O–H groups in total. The zero-order chi connectivity index (χ0) is 13.1. The maximum atomic E-state index is 6.52. The van der Waals surface area contributed by atoms with E-state index in [-0.39, 0.29) is 5.38 Å². The standard InChI is InChI=1S/C15H13Br2Cl/c1-10-7-14(17)12(9-13(10)16)15(18)8-11-5-3-2-4-6-11/h2-7,9,15H,8H2,1H3. The fraction of sp³-hybridized carbons (Fsp3) is 0.200. The van der Waals surface area contributed by atoms with Gasteiger partial charge in [0.05, 0.1) is 5.38 Å². The van der Waals surface area contributed by atoms with Crippen LogP contribution in [0.1, 0.15) is 22.1 Å². The van der Waals surface area contributed by atoms with Crippen molar-refractivity contribution in [2.45, 2.75) is 18.7 Å². The monoisotopic (exact) mass is 386 g/mol. The summed E-state index contributed by atoms with van der Waals surface area (Å²) in [6.45, 7) is 2.07. The van der Waals surface area contributed by atoms with Crippen LogP contribution in [-0.2, 0) is 6.42 Å². The molecule has 1 atom stereocenters. The van der Waals surface area contributed by atoms with Crippen molar-refractivity contribution < 1.29 is 0 Å². The van der Waals surface area contributed by atoms with Crippen molar-refractivity contribution in [2.75, 3.05) is 0 Å². The Morgan fingerprint density at radius 3 is 2.39 bits per heavy atom. The minimum atomic E-state index is -0.0290. The number of rotatable bonds is 3. The lowest BCUT2D eigenvalue weighted by Crippen LogP contribution is -1.98. The van der Waals surface area contributed by atoms with Crippen LogP contribution < -0.4 is 0 Å². The molecular formula is C15H13Br2Cl. The van der Waals surface area contributed by atoms with Gasteiger partial charge in [-0.15, -0.1) is 11.6 Å². The van der Waals surface area contributed by atoms with E-state index < -0.39 is 0 Å². The largest absolute Gasteiger partial charge is 0.117 e. The Morgan fingerprint density at radius 1 is 1.06 bits per heavy atom. The highest BCUT2D eigenvalue weighted by Crippen LogP contribution is 2.34. The van der Waals surface area contributed by atoms with Crippen LogP contribution in [0.3, 0.4) is 0 Å². The highest BCUT2D eigenvalue weighted by Gasteiger charge is 2.14. The van der Waals surface area contributed by atoms with Gasteiger partial charge < -0.3 is 0 Å². The van der Waals surface area contributed by atoms with E-state index in [0.29, 0.717) is 0 Å². The molecule has 94 valence electrons. The summed E-state index contributed by atoms with van der Waals surface area (Å²) in [6, 6.07) is 14.5. The van der Waals surface area contributed by atoms with Crippen LogP contribution in [-0.4, -0.2) is 0 Å². The van der Waals surface area contributed by atoms with Crippen molar-refractivity contribution in [3.63, 3.8) is 0 Å². The molecule has 3 heteroatoms. The summed E-state index contributed by atoms with van der Waals surface area (Å²) < 4.78 is 2.17. The van der Waals surface area contributed by atoms with Crippen molar-refractivity contribution in [3.8, 4) is 0 Å². The Kier molecular flexibility index (Phi) is 4.88. The molecule has 0 aliphatic rings. The average Bonchev–Trinajstić information content (AvgIpc) is 2.35. The minimum Gasteiger partial charge on any atom is -0.117 e. The molecule has 2 rings (SSSR count). The number of aryl methyl sites for hydroxylation is 1. The van der Waals surface area contributed by atoms with Crippen LogP contribution in [0.4, 0.5) is 0 Å². The summed E-state index contributed by atoms with van der Waals surface area (Å²) in [6.07, 6.45) is 0.830. The van der Waals surface area contributed by atoms with E-state index in [0.717, 1.165) is 20.9 Å². The van der Waals surface area contributed by atoms with Gasteiger partial charge in [0, 0.05) is 8.95 Å². The maximum absolute atomic E-state index is 6.52. The van der Waals surface area contributed by atoms with Crippen LogP contribution in [0.2, 0.25) is 0 Å². The molecule has 0 saturated carbocycles. The zero-order valence-corrected chi connectivity index (χ0v) is 13.9. The zero-order valence-electron chi connectivity index (χ0n) is 9.96. The van der Waals surface area contributed by atoms with Gasteiger partial charge in [0.1, 0.15) is 0 Å². The van der Waals surface area contributed by atoms with Crippen LogP contribution in [0, 0.1) is 6.92 Å². The lowest BCUT2D eigenvalue weighted by molar-refractivity contribution is 0.912. The Morgan fingerprint density at radius 2 is 1.72 bits per heavy atom. The fourth-order valence-electron chi connectivity index (χ4n) is 1.83. The van der Waals surface area contributed by atoms with E-state index in [1.54, 1.807) is 0 Å². The average molecular weight is 389 g/mol. The minimum absolute atomic E-state index is 0.0290. The molecule has 0 heterocycles. The van der Waals surface area contributed by atoms with E-state index in [1.165, 1.54) is 11.1 Å². The fourth-order valence-corrected chi connectivity index (χ4v) is 3.42. The third-order valence-electron chi connectivity index (χ3n) is 2.87. The van der Waals surface area contributed by atoms with Crippen LogP contribution in [0.5, 0.6) is 0 Å². The number of benzene rings is 2. The van der Waals surface area contributed by atoms with Crippen molar-refractivity contribution >= 4 is 43.5 Å². The van der Waals surface area contributed by atoms with Gasteiger partial charge in [0.25, 0.3) is 0 Å². The first-order valence-corrected chi connectivity index (χ1v) is 7.73. The normalized spacial score (nSPS) is 12.4. The number of alkyl halides is 1. The van der Waals surface area contributed by atoms with E-state index in [9.17, 15) is 0 Å². The molecule has 0 aromatic heterocycles. The molecule has 0 aliphatic heterocycles. The molecule has 18 heavy (non-hydrogen) atoms. The van der Waals surface area contributed by atoms with Gasteiger partial charge in [0.2, 0.25) is 0 Å². The van der Waals surface area contributed by atoms with E-state index in [4.69, 9.17) is 11.6 Å². The lowest BCUT2D eigenvalue weighted by atomic mass is 10.0. The molecule has 0 saturated heterocycles.